The molecule has 2 N–H and O–H groups in total. The van der Waals surface area contributed by atoms with Crippen molar-refractivity contribution in [3.05, 3.63) is 35.1 Å². The molecule has 72 valence electrons. The summed E-state index contributed by atoms with van der Waals surface area (Å²) >= 11 is 0. The summed E-state index contributed by atoms with van der Waals surface area (Å²) in [6.45, 7) is -0.317. The van der Waals surface area contributed by atoms with Crippen molar-refractivity contribution in [2.45, 2.75) is 0 Å². The molecule has 0 saturated carbocycles. The lowest BCUT2D eigenvalue weighted by atomic mass is 10.1. The van der Waals surface area contributed by atoms with Gasteiger partial charge < -0.3 is 10.2 Å². The lowest BCUT2D eigenvalue weighted by Gasteiger charge is -1.96. The molecule has 1 aromatic carbocycles. The van der Waals surface area contributed by atoms with Gasteiger partial charge in [-0.3, -0.25) is 0 Å². The molecule has 1 aromatic rings. The van der Waals surface area contributed by atoms with Crippen LogP contribution < -0.4 is 0 Å². The SMILES string of the molecule is O=C(O)c1ccc(C#CCO)cc1F. The van der Waals surface area contributed by atoms with Crippen molar-refractivity contribution in [1.29, 1.82) is 0 Å². The molecule has 0 aliphatic heterocycles. The van der Waals surface area contributed by atoms with Crippen LogP contribution >= 0.6 is 0 Å². The number of aliphatic hydroxyl groups excluding tert-OH is 1. The van der Waals surface area contributed by atoms with Crippen molar-refractivity contribution in [3.63, 3.8) is 0 Å². The Bertz CT molecular complexity index is 415. The summed E-state index contributed by atoms with van der Waals surface area (Å²) < 4.78 is 13.0. The summed E-state index contributed by atoms with van der Waals surface area (Å²) in [4.78, 5) is 10.4. The van der Waals surface area contributed by atoms with Crippen molar-refractivity contribution in [2.75, 3.05) is 6.61 Å². The lowest BCUT2D eigenvalue weighted by molar-refractivity contribution is 0.0692. The van der Waals surface area contributed by atoms with E-state index in [-0.39, 0.29) is 12.2 Å². The van der Waals surface area contributed by atoms with Crippen LogP contribution in [0.1, 0.15) is 15.9 Å². The minimum Gasteiger partial charge on any atom is -0.478 e. The van der Waals surface area contributed by atoms with Gasteiger partial charge in [0.05, 0.1) is 5.56 Å². The third-order valence-electron chi connectivity index (χ3n) is 1.51. The van der Waals surface area contributed by atoms with Gasteiger partial charge in [0.15, 0.2) is 0 Å². The molecular formula is C10H7FO3. The number of carboxylic acids is 1. The highest BCUT2D eigenvalue weighted by Crippen LogP contribution is 2.09. The second-order valence-electron chi connectivity index (χ2n) is 2.46. The van der Waals surface area contributed by atoms with E-state index in [9.17, 15) is 9.18 Å². The molecule has 4 heteroatoms. The predicted molar refractivity (Wildman–Crippen MR) is 47.3 cm³/mol. The molecule has 0 aliphatic carbocycles. The molecule has 3 nitrogen and oxygen atoms in total. The van der Waals surface area contributed by atoms with Gasteiger partial charge in [-0.25, -0.2) is 9.18 Å². The molecule has 0 radical (unpaired) electrons. The number of halogens is 1. The van der Waals surface area contributed by atoms with E-state index in [0.717, 1.165) is 12.1 Å². The van der Waals surface area contributed by atoms with Crippen molar-refractivity contribution < 1.29 is 19.4 Å². The lowest BCUT2D eigenvalue weighted by Crippen LogP contribution is -2.00. The number of hydrogen-bond donors (Lipinski definition) is 2. The normalized spacial score (nSPS) is 9.00. The minimum absolute atomic E-state index is 0.317. The molecule has 1 rings (SSSR count). The van der Waals surface area contributed by atoms with Crippen LogP contribution in [-0.2, 0) is 0 Å². The van der Waals surface area contributed by atoms with E-state index < -0.39 is 11.8 Å². The topological polar surface area (TPSA) is 57.5 Å². The molecule has 0 fully saturated rings. The van der Waals surface area contributed by atoms with Crippen LogP contribution in [0.3, 0.4) is 0 Å². The smallest absolute Gasteiger partial charge is 0.338 e. The molecule has 0 saturated heterocycles. The summed E-state index contributed by atoms with van der Waals surface area (Å²) in [6, 6.07) is 3.54. The molecule has 0 aliphatic rings. The molecule has 14 heavy (non-hydrogen) atoms. The zero-order valence-corrected chi connectivity index (χ0v) is 7.12. The van der Waals surface area contributed by atoms with Crippen LogP contribution in [0.4, 0.5) is 4.39 Å². The Kier molecular flexibility index (Phi) is 3.21. The maximum Gasteiger partial charge on any atom is 0.338 e. The van der Waals surface area contributed by atoms with Gasteiger partial charge in [-0.1, -0.05) is 11.8 Å². The molecule has 0 aromatic heterocycles. The fourth-order valence-electron chi connectivity index (χ4n) is 0.908. The number of carboxylic acid groups (broad SMARTS) is 1. The van der Waals surface area contributed by atoms with Gasteiger partial charge in [0.1, 0.15) is 12.4 Å². The highest BCUT2D eigenvalue weighted by Gasteiger charge is 2.09. The van der Waals surface area contributed by atoms with Crippen molar-refractivity contribution >= 4 is 5.97 Å². The maximum absolute atomic E-state index is 13.0. The van der Waals surface area contributed by atoms with E-state index in [1.807, 2.05) is 0 Å². The Morgan fingerprint density at radius 2 is 2.21 bits per heavy atom. The quantitative estimate of drug-likeness (QED) is 0.652. The zero-order chi connectivity index (χ0) is 10.6. The highest BCUT2D eigenvalue weighted by atomic mass is 19.1. The van der Waals surface area contributed by atoms with Crippen LogP contribution in [-0.4, -0.2) is 22.8 Å². The van der Waals surface area contributed by atoms with Crippen LogP contribution in [0, 0.1) is 17.7 Å². The maximum atomic E-state index is 13.0. The number of hydrogen-bond acceptors (Lipinski definition) is 2. The van der Waals surface area contributed by atoms with Crippen LogP contribution in [0.2, 0.25) is 0 Å². The molecule has 0 amide bonds. The van der Waals surface area contributed by atoms with E-state index in [1.165, 1.54) is 6.07 Å². The van der Waals surface area contributed by atoms with Crippen molar-refractivity contribution in [2.24, 2.45) is 0 Å². The number of rotatable bonds is 1. The fourth-order valence-corrected chi connectivity index (χ4v) is 0.908. The van der Waals surface area contributed by atoms with Gasteiger partial charge >= 0.3 is 5.97 Å². The van der Waals surface area contributed by atoms with E-state index in [4.69, 9.17) is 10.2 Å². The predicted octanol–water partition coefficient (Wildman–Crippen LogP) is 0.868. The number of aromatic carboxylic acids is 1. The van der Waals surface area contributed by atoms with Gasteiger partial charge in [0, 0.05) is 5.56 Å². The van der Waals surface area contributed by atoms with Crippen LogP contribution in [0.25, 0.3) is 0 Å². The first kappa shape index (κ1) is 10.2. The van der Waals surface area contributed by atoms with Gasteiger partial charge in [0.25, 0.3) is 0 Å². The second kappa shape index (κ2) is 4.40. The summed E-state index contributed by atoms with van der Waals surface area (Å²) in [7, 11) is 0. The monoisotopic (exact) mass is 194 g/mol. The number of carbonyl (C=O) groups is 1. The first-order valence-electron chi connectivity index (χ1n) is 3.77. The average Bonchev–Trinajstić information content (AvgIpc) is 2.14. The van der Waals surface area contributed by atoms with E-state index in [1.54, 1.807) is 0 Å². The Hall–Kier alpha value is -1.86. The molecule has 0 spiro atoms. The molecule has 0 heterocycles. The van der Waals surface area contributed by atoms with Gasteiger partial charge in [-0.05, 0) is 18.2 Å². The van der Waals surface area contributed by atoms with Crippen LogP contribution in [0.5, 0.6) is 0 Å². The summed E-state index contributed by atoms with van der Waals surface area (Å²) in [5.41, 5.74) is -0.0545. The third kappa shape index (κ3) is 2.31. The molecule has 0 unspecified atom stereocenters. The van der Waals surface area contributed by atoms with E-state index >= 15 is 0 Å². The minimum atomic E-state index is -1.32. The Balaban J connectivity index is 3.06. The molecule has 0 bridgehead atoms. The first-order valence-corrected chi connectivity index (χ1v) is 3.77. The van der Waals surface area contributed by atoms with Gasteiger partial charge in [-0.15, -0.1) is 0 Å². The van der Waals surface area contributed by atoms with Crippen molar-refractivity contribution in [3.8, 4) is 11.8 Å². The average molecular weight is 194 g/mol. The first-order chi connectivity index (χ1) is 6.65. The Morgan fingerprint density at radius 1 is 1.50 bits per heavy atom. The Labute approximate surface area is 79.8 Å². The van der Waals surface area contributed by atoms with Crippen molar-refractivity contribution in [1.82, 2.24) is 0 Å². The highest BCUT2D eigenvalue weighted by molar-refractivity contribution is 5.88. The summed E-state index contributed by atoms with van der Waals surface area (Å²) in [5.74, 6) is 2.65. The second-order valence-corrected chi connectivity index (χ2v) is 2.46. The molecule has 0 atom stereocenters. The summed E-state index contributed by atoms with van der Waals surface area (Å²) in [6.07, 6.45) is 0. The standard InChI is InChI=1S/C10H7FO3/c11-9-6-7(2-1-5-12)3-4-8(9)10(13)14/h3-4,6,12H,5H2,(H,13,14). The van der Waals surface area contributed by atoms with Gasteiger partial charge in [-0.2, -0.15) is 0 Å². The third-order valence-corrected chi connectivity index (χ3v) is 1.51. The molecular weight excluding hydrogens is 187 g/mol. The van der Waals surface area contributed by atoms with E-state index in [2.05, 4.69) is 11.8 Å². The zero-order valence-electron chi connectivity index (χ0n) is 7.12. The fraction of sp³-hybridized carbons (Fsp3) is 0.100. The largest absolute Gasteiger partial charge is 0.478 e. The van der Waals surface area contributed by atoms with Gasteiger partial charge in [0.2, 0.25) is 0 Å². The van der Waals surface area contributed by atoms with Crippen LogP contribution in [0.15, 0.2) is 18.2 Å². The van der Waals surface area contributed by atoms with E-state index in [0.29, 0.717) is 5.56 Å². The number of benzene rings is 1. The summed E-state index contributed by atoms with van der Waals surface area (Å²) in [5, 5.41) is 16.9. The number of aliphatic hydroxyl groups is 1. The Morgan fingerprint density at radius 3 is 2.71 bits per heavy atom.